The predicted molar refractivity (Wildman–Crippen MR) is 108 cm³/mol. The van der Waals surface area contributed by atoms with E-state index in [-0.39, 0.29) is 12.0 Å². The van der Waals surface area contributed by atoms with Gasteiger partial charge in [0.2, 0.25) is 5.88 Å². The molecule has 8 nitrogen and oxygen atoms in total. The Hall–Kier alpha value is -2.87. The molecule has 152 valence electrons. The maximum Gasteiger partial charge on any atom is 0.268 e. The average Bonchev–Trinajstić information content (AvgIpc) is 3.28. The van der Waals surface area contributed by atoms with E-state index in [0.29, 0.717) is 37.4 Å². The van der Waals surface area contributed by atoms with E-state index in [9.17, 15) is 4.79 Å². The number of rotatable bonds is 6. The summed E-state index contributed by atoms with van der Waals surface area (Å²) in [4.78, 5) is 17.1. The third kappa shape index (κ3) is 3.60. The first-order valence-corrected chi connectivity index (χ1v) is 10.3. The van der Waals surface area contributed by atoms with Crippen LogP contribution in [-0.2, 0) is 11.3 Å². The van der Waals surface area contributed by atoms with Gasteiger partial charge >= 0.3 is 0 Å². The highest BCUT2D eigenvalue weighted by Crippen LogP contribution is 2.34. The molecule has 3 aromatic heterocycles. The van der Waals surface area contributed by atoms with Gasteiger partial charge in [-0.3, -0.25) is 9.89 Å². The minimum atomic E-state index is -0.0303. The number of aryl methyl sites for hydroxylation is 1. The summed E-state index contributed by atoms with van der Waals surface area (Å²) in [5.74, 6) is 0.545. The van der Waals surface area contributed by atoms with Gasteiger partial charge in [0, 0.05) is 43.4 Å². The first-order valence-electron chi connectivity index (χ1n) is 10.3. The molecule has 0 bridgehead atoms. The smallest absolute Gasteiger partial charge is 0.268 e. The quantitative estimate of drug-likeness (QED) is 0.669. The highest BCUT2D eigenvalue weighted by molar-refractivity contribution is 5.99. The number of nitrogens with zero attached hydrogens (tertiary/aromatic N) is 3. The Kier molecular flexibility index (Phi) is 4.71. The van der Waals surface area contributed by atoms with Gasteiger partial charge in [0.1, 0.15) is 17.5 Å². The molecule has 0 aromatic carbocycles. The number of carbonyl (C=O) groups excluding carboxylic acids is 1. The second-order valence-electron chi connectivity index (χ2n) is 7.69. The van der Waals surface area contributed by atoms with Crippen molar-refractivity contribution < 1.29 is 14.3 Å². The van der Waals surface area contributed by atoms with Crippen LogP contribution in [-0.4, -0.2) is 51.0 Å². The molecule has 2 aliphatic rings. The minimum absolute atomic E-state index is 0.0303. The molecule has 0 unspecified atom stereocenters. The van der Waals surface area contributed by atoms with Gasteiger partial charge in [0.25, 0.3) is 5.91 Å². The number of carbonyl (C=O) groups is 1. The number of nitrogens with one attached hydrogen (secondary N) is 2. The first kappa shape index (κ1) is 18.2. The molecule has 0 atom stereocenters. The number of fused-ring (bicyclic) bond motifs is 1. The minimum Gasteiger partial charge on any atom is -0.474 e. The van der Waals surface area contributed by atoms with Gasteiger partial charge in [-0.25, -0.2) is 4.98 Å². The molecule has 1 saturated carbocycles. The van der Waals surface area contributed by atoms with Gasteiger partial charge in [0.15, 0.2) is 0 Å². The number of pyridine rings is 1. The van der Waals surface area contributed by atoms with Crippen LogP contribution >= 0.6 is 0 Å². The molecule has 1 aliphatic carbocycles. The molecule has 2 N–H and O–H groups in total. The Labute approximate surface area is 168 Å². The van der Waals surface area contributed by atoms with Gasteiger partial charge in [-0.15, -0.1) is 0 Å². The van der Waals surface area contributed by atoms with Crippen molar-refractivity contribution in [1.82, 2.24) is 25.1 Å². The number of aromatic nitrogens is 4. The fourth-order valence-electron chi connectivity index (χ4n) is 3.77. The lowest BCUT2D eigenvalue weighted by molar-refractivity contribution is 0.0244. The van der Waals surface area contributed by atoms with Crippen LogP contribution in [0.4, 0.5) is 0 Å². The van der Waals surface area contributed by atoms with Crippen molar-refractivity contribution in [2.24, 2.45) is 0 Å². The molecule has 2 fully saturated rings. The van der Waals surface area contributed by atoms with Crippen molar-refractivity contribution in [1.29, 1.82) is 0 Å². The van der Waals surface area contributed by atoms with Crippen LogP contribution < -0.4 is 10.1 Å². The molecular weight excluding hydrogens is 370 g/mol. The lowest BCUT2D eigenvalue weighted by atomic mass is 10.1. The lowest BCUT2D eigenvalue weighted by Crippen LogP contribution is -2.27. The van der Waals surface area contributed by atoms with Crippen LogP contribution in [0.3, 0.4) is 0 Å². The van der Waals surface area contributed by atoms with Crippen LogP contribution in [0.25, 0.3) is 22.2 Å². The Bertz CT molecular complexity index is 1030. The van der Waals surface area contributed by atoms with Gasteiger partial charge in [-0.2, -0.15) is 5.10 Å². The largest absolute Gasteiger partial charge is 0.474 e. The Morgan fingerprint density at radius 2 is 2.17 bits per heavy atom. The van der Waals surface area contributed by atoms with Gasteiger partial charge in [-0.1, -0.05) is 0 Å². The molecule has 8 heteroatoms. The summed E-state index contributed by atoms with van der Waals surface area (Å²) in [5.41, 5.74) is 3.15. The number of hydrogen-bond donors (Lipinski definition) is 2. The van der Waals surface area contributed by atoms with Gasteiger partial charge in [-0.05, 0) is 31.9 Å². The molecule has 1 saturated heterocycles. The van der Waals surface area contributed by atoms with Crippen LogP contribution in [0.2, 0.25) is 0 Å². The van der Waals surface area contributed by atoms with Gasteiger partial charge in [0.05, 0.1) is 24.1 Å². The molecule has 0 radical (unpaired) electrons. The Balaban J connectivity index is 1.51. The number of aromatic amines is 1. The maximum absolute atomic E-state index is 12.6. The van der Waals surface area contributed by atoms with Crippen LogP contribution in [0.15, 0.2) is 24.5 Å². The third-order valence-electron chi connectivity index (χ3n) is 5.54. The van der Waals surface area contributed by atoms with E-state index >= 15 is 0 Å². The maximum atomic E-state index is 12.6. The summed E-state index contributed by atoms with van der Waals surface area (Å²) in [6, 6.07) is 4.11. The number of hydrogen-bond acceptors (Lipinski definition) is 5. The summed E-state index contributed by atoms with van der Waals surface area (Å²) in [7, 11) is 0. The zero-order valence-electron chi connectivity index (χ0n) is 16.5. The first-order chi connectivity index (χ1) is 14.2. The molecule has 1 amide bonds. The van der Waals surface area contributed by atoms with Crippen molar-refractivity contribution in [3.05, 3.63) is 30.2 Å². The van der Waals surface area contributed by atoms with Crippen LogP contribution in [0, 0.1) is 0 Å². The van der Waals surface area contributed by atoms with E-state index in [1.54, 1.807) is 6.20 Å². The number of amides is 1. The third-order valence-corrected chi connectivity index (χ3v) is 5.54. The van der Waals surface area contributed by atoms with E-state index in [1.807, 2.05) is 29.8 Å². The number of ether oxygens (including phenoxy) is 2. The zero-order chi connectivity index (χ0) is 19.8. The summed E-state index contributed by atoms with van der Waals surface area (Å²) >= 11 is 0. The monoisotopic (exact) mass is 395 g/mol. The number of H-pyrrole nitrogens is 1. The van der Waals surface area contributed by atoms with E-state index in [2.05, 4.69) is 20.5 Å². The molecule has 4 heterocycles. The van der Waals surface area contributed by atoms with E-state index in [0.717, 1.165) is 47.8 Å². The molecule has 1 aliphatic heterocycles. The topological polar surface area (TPSA) is 94.1 Å². The van der Waals surface area contributed by atoms with Crippen molar-refractivity contribution in [2.45, 2.75) is 51.3 Å². The van der Waals surface area contributed by atoms with Crippen molar-refractivity contribution in [3.8, 4) is 17.1 Å². The predicted octanol–water partition coefficient (Wildman–Crippen LogP) is 2.90. The van der Waals surface area contributed by atoms with Crippen molar-refractivity contribution in [2.75, 3.05) is 13.2 Å². The fourth-order valence-corrected chi connectivity index (χ4v) is 3.77. The van der Waals surface area contributed by atoms with Crippen molar-refractivity contribution >= 4 is 16.8 Å². The second kappa shape index (κ2) is 7.51. The van der Waals surface area contributed by atoms with Crippen LogP contribution in [0.1, 0.15) is 43.1 Å². The summed E-state index contributed by atoms with van der Waals surface area (Å²) < 4.78 is 13.6. The summed E-state index contributed by atoms with van der Waals surface area (Å²) in [6.07, 6.45) is 7.62. The van der Waals surface area contributed by atoms with Gasteiger partial charge < -0.3 is 19.4 Å². The second-order valence-corrected chi connectivity index (χ2v) is 7.69. The Morgan fingerprint density at radius 3 is 2.93 bits per heavy atom. The summed E-state index contributed by atoms with van der Waals surface area (Å²) in [5, 5.41) is 11.5. The molecule has 29 heavy (non-hydrogen) atoms. The van der Waals surface area contributed by atoms with E-state index < -0.39 is 0 Å². The normalized spacial score (nSPS) is 17.6. The van der Waals surface area contributed by atoms with E-state index in [4.69, 9.17) is 9.47 Å². The van der Waals surface area contributed by atoms with E-state index in [1.165, 1.54) is 0 Å². The molecule has 0 spiro atoms. The fraction of sp³-hybridized carbons (Fsp3) is 0.476. The Morgan fingerprint density at radius 1 is 1.34 bits per heavy atom. The summed E-state index contributed by atoms with van der Waals surface area (Å²) in [6.45, 7) is 4.15. The average molecular weight is 395 g/mol. The standard InChI is InChI=1S/C21H25N5O3/c1-2-26-12-13(11-17(26)20(27)23-14-3-4-14)19-18-16(24-25-19)5-8-22-21(18)29-15-6-9-28-10-7-15/h5,8,11-12,14-15H,2-4,6-7,9-10H2,1H3,(H,23,27)(H,24,25). The molecular formula is C21H25N5O3. The lowest BCUT2D eigenvalue weighted by Gasteiger charge is -2.23. The highest BCUT2D eigenvalue weighted by atomic mass is 16.5. The molecule has 5 rings (SSSR count). The highest BCUT2D eigenvalue weighted by Gasteiger charge is 2.26. The SMILES string of the molecule is CCn1cc(-c2n[nH]c3ccnc(OC4CCOCC4)c23)cc1C(=O)NC1CC1. The van der Waals surface area contributed by atoms with Crippen molar-refractivity contribution in [3.63, 3.8) is 0 Å². The molecule has 3 aromatic rings. The zero-order valence-corrected chi connectivity index (χ0v) is 16.5. The van der Waals surface area contributed by atoms with Crippen LogP contribution in [0.5, 0.6) is 5.88 Å².